The average Bonchev–Trinajstić information content (AvgIpc) is 3.47. The molecule has 1 aliphatic heterocycles. The molecule has 145 valence electrons. The van der Waals surface area contributed by atoms with Gasteiger partial charge in [-0.15, -0.1) is 16.4 Å². The van der Waals surface area contributed by atoms with Crippen LogP contribution in [0.25, 0.3) is 10.7 Å². The van der Waals surface area contributed by atoms with E-state index in [0.29, 0.717) is 30.5 Å². The van der Waals surface area contributed by atoms with Crippen LogP contribution in [0.5, 0.6) is 0 Å². The third-order valence-electron chi connectivity index (χ3n) is 4.67. The Balaban J connectivity index is 1.29. The summed E-state index contributed by atoms with van der Waals surface area (Å²) >= 11 is 1.57. The summed E-state index contributed by atoms with van der Waals surface area (Å²) in [5, 5.41) is 15.8. The number of H-pyrrole nitrogens is 1. The van der Waals surface area contributed by atoms with Gasteiger partial charge in [0, 0.05) is 31.8 Å². The van der Waals surface area contributed by atoms with E-state index in [4.69, 9.17) is 10.3 Å². The number of nitrogens with one attached hydrogen (secondary N) is 1. The zero-order chi connectivity index (χ0) is 19.5. The van der Waals surface area contributed by atoms with Gasteiger partial charge in [-0.2, -0.15) is 4.98 Å². The number of amides is 2. The molecule has 3 aromatic rings. The smallest absolute Gasteiger partial charge is 0.268 e. The lowest BCUT2D eigenvalue weighted by molar-refractivity contribution is -0.131. The Labute approximate surface area is 164 Å². The number of primary amides is 1. The summed E-state index contributed by atoms with van der Waals surface area (Å²) in [6.45, 7) is 1.21. The molecule has 4 rings (SSSR count). The number of aromatic nitrogens is 5. The maximum absolute atomic E-state index is 12.4. The molecule has 0 unspecified atom stereocenters. The van der Waals surface area contributed by atoms with Crippen molar-refractivity contribution in [2.75, 3.05) is 13.1 Å². The molecule has 1 aliphatic rings. The number of carbonyl (C=O) groups excluding carboxylic acids is 2. The Hall–Kier alpha value is -3.08. The van der Waals surface area contributed by atoms with E-state index in [-0.39, 0.29) is 23.9 Å². The first-order valence-electron chi connectivity index (χ1n) is 8.81. The van der Waals surface area contributed by atoms with Gasteiger partial charge in [-0.3, -0.25) is 14.7 Å². The van der Waals surface area contributed by atoms with E-state index in [2.05, 4.69) is 25.6 Å². The summed E-state index contributed by atoms with van der Waals surface area (Å²) in [5.74, 6) is 0.672. The van der Waals surface area contributed by atoms with E-state index in [0.717, 1.165) is 17.7 Å². The highest BCUT2D eigenvalue weighted by molar-refractivity contribution is 7.13. The predicted octanol–water partition coefficient (Wildman–Crippen LogP) is 1.36. The Bertz CT molecular complexity index is 957. The number of nitrogens with two attached hydrogens (primary N) is 1. The highest BCUT2D eigenvalue weighted by atomic mass is 32.1. The second-order valence-electron chi connectivity index (χ2n) is 6.43. The molecule has 0 atom stereocenters. The fraction of sp³-hybridized carbons (Fsp3) is 0.353. The third-order valence-corrected chi connectivity index (χ3v) is 5.54. The van der Waals surface area contributed by atoms with Crippen molar-refractivity contribution in [2.45, 2.75) is 25.2 Å². The number of thiophene rings is 1. The van der Waals surface area contributed by atoms with E-state index in [1.54, 1.807) is 22.7 Å². The molecule has 1 radical (unpaired) electrons. The Morgan fingerprint density at radius 1 is 1.39 bits per heavy atom. The van der Waals surface area contributed by atoms with Crippen molar-refractivity contribution in [3.05, 3.63) is 41.2 Å². The van der Waals surface area contributed by atoms with Gasteiger partial charge in [-0.25, -0.2) is 0 Å². The fourth-order valence-electron chi connectivity index (χ4n) is 3.16. The molecule has 11 heteroatoms. The van der Waals surface area contributed by atoms with E-state index in [1.165, 1.54) is 0 Å². The molecular weight excluding hydrogens is 382 g/mol. The summed E-state index contributed by atoms with van der Waals surface area (Å²) in [6, 6.07) is 3.90. The van der Waals surface area contributed by atoms with E-state index >= 15 is 0 Å². The molecular formula is C17H18N7O3S. The zero-order valence-corrected chi connectivity index (χ0v) is 15.7. The molecule has 28 heavy (non-hydrogen) atoms. The minimum atomic E-state index is -0.661. The molecule has 0 aliphatic carbocycles. The average molecular weight is 400 g/mol. The molecule has 0 aromatic carbocycles. The molecule has 0 saturated carbocycles. The number of hydrogen-bond donors (Lipinski definition) is 2. The van der Waals surface area contributed by atoms with Crippen LogP contribution in [0.4, 0.5) is 0 Å². The van der Waals surface area contributed by atoms with Crippen LogP contribution in [-0.2, 0) is 4.79 Å². The molecule has 3 N–H and O–H groups in total. The summed E-state index contributed by atoms with van der Waals surface area (Å²) in [7, 11) is 0. The first-order chi connectivity index (χ1) is 13.6. The molecule has 3 aromatic heterocycles. The topological polar surface area (TPSA) is 144 Å². The molecule has 1 fully saturated rings. The van der Waals surface area contributed by atoms with Crippen molar-refractivity contribution in [3.63, 3.8) is 0 Å². The van der Waals surface area contributed by atoms with E-state index in [9.17, 15) is 9.59 Å². The number of aromatic amines is 1. The fourth-order valence-corrected chi connectivity index (χ4v) is 3.81. The quantitative estimate of drug-likeness (QED) is 0.635. The SMILES string of the molecule is NC(=O)c1[nH]nnc1[CH]CC(=O)N1CCC(c2nc(-c3cccs3)no2)CC1. The van der Waals surface area contributed by atoms with Gasteiger partial charge < -0.3 is 15.2 Å². The first-order valence-corrected chi connectivity index (χ1v) is 9.69. The number of rotatable bonds is 6. The molecule has 10 nitrogen and oxygen atoms in total. The summed E-state index contributed by atoms with van der Waals surface area (Å²) in [4.78, 5) is 31.0. The lowest BCUT2D eigenvalue weighted by Gasteiger charge is -2.30. The molecule has 4 heterocycles. The van der Waals surface area contributed by atoms with Crippen molar-refractivity contribution in [2.24, 2.45) is 5.73 Å². The Kier molecular flexibility index (Phi) is 5.15. The molecule has 2 amide bonds. The van der Waals surface area contributed by atoms with Gasteiger partial charge >= 0.3 is 0 Å². The van der Waals surface area contributed by atoms with Crippen LogP contribution in [0.15, 0.2) is 22.0 Å². The first kappa shape index (κ1) is 18.3. The standard InChI is InChI=1S/C17H18N7O3S/c18-15(26)14-11(20-23-21-14)3-4-13(25)24-7-5-10(6-8-24)17-19-16(22-27-17)12-2-1-9-28-12/h1-3,9-10H,4-8H2,(H2,18,26)(H,20,21,23). The largest absolute Gasteiger partial charge is 0.364 e. The van der Waals surface area contributed by atoms with Crippen molar-refractivity contribution >= 4 is 23.2 Å². The second kappa shape index (κ2) is 7.89. The summed E-state index contributed by atoms with van der Waals surface area (Å²) < 4.78 is 5.43. The van der Waals surface area contributed by atoms with E-state index < -0.39 is 5.91 Å². The highest BCUT2D eigenvalue weighted by Crippen LogP contribution is 2.30. The third kappa shape index (κ3) is 3.79. The number of nitrogens with zero attached hydrogens (tertiary/aromatic N) is 5. The lowest BCUT2D eigenvalue weighted by atomic mass is 9.96. The molecule has 1 saturated heterocycles. The van der Waals surface area contributed by atoms with Crippen LogP contribution >= 0.6 is 11.3 Å². The second-order valence-corrected chi connectivity index (χ2v) is 7.38. The van der Waals surface area contributed by atoms with Crippen LogP contribution < -0.4 is 5.73 Å². The Morgan fingerprint density at radius 2 is 2.21 bits per heavy atom. The van der Waals surface area contributed by atoms with Crippen LogP contribution in [-0.4, -0.2) is 55.4 Å². The van der Waals surface area contributed by atoms with Gasteiger partial charge in [-0.05, 0) is 24.3 Å². The van der Waals surface area contributed by atoms with Gasteiger partial charge in [0.15, 0.2) is 0 Å². The van der Waals surface area contributed by atoms with Gasteiger partial charge in [0.25, 0.3) is 5.91 Å². The number of likely N-dealkylation sites (tertiary alicyclic amines) is 1. The zero-order valence-electron chi connectivity index (χ0n) is 14.9. The molecule has 0 spiro atoms. The number of piperidine rings is 1. The normalized spacial score (nSPS) is 15.1. The highest BCUT2D eigenvalue weighted by Gasteiger charge is 2.28. The minimum Gasteiger partial charge on any atom is -0.364 e. The Morgan fingerprint density at radius 3 is 2.93 bits per heavy atom. The van der Waals surface area contributed by atoms with Crippen LogP contribution in [0.2, 0.25) is 0 Å². The lowest BCUT2D eigenvalue weighted by Crippen LogP contribution is -2.38. The van der Waals surface area contributed by atoms with Crippen LogP contribution in [0.3, 0.4) is 0 Å². The minimum absolute atomic E-state index is 0.0401. The van der Waals surface area contributed by atoms with Crippen molar-refractivity contribution in [3.8, 4) is 10.7 Å². The number of hydrogen-bond acceptors (Lipinski definition) is 8. The van der Waals surface area contributed by atoms with Gasteiger partial charge in [0.05, 0.1) is 10.6 Å². The molecule has 0 bridgehead atoms. The summed E-state index contributed by atoms with van der Waals surface area (Å²) in [6.07, 6.45) is 3.20. The van der Waals surface area contributed by atoms with E-state index in [1.807, 2.05) is 17.5 Å². The predicted molar refractivity (Wildman–Crippen MR) is 99.1 cm³/mol. The van der Waals surface area contributed by atoms with Crippen LogP contribution in [0.1, 0.15) is 47.3 Å². The monoisotopic (exact) mass is 400 g/mol. The van der Waals surface area contributed by atoms with Gasteiger partial charge in [0.2, 0.25) is 17.6 Å². The van der Waals surface area contributed by atoms with Gasteiger partial charge in [0.1, 0.15) is 5.69 Å². The van der Waals surface area contributed by atoms with Crippen molar-refractivity contribution < 1.29 is 14.1 Å². The van der Waals surface area contributed by atoms with Crippen molar-refractivity contribution in [1.82, 2.24) is 30.5 Å². The number of carbonyl (C=O) groups is 2. The van der Waals surface area contributed by atoms with Crippen LogP contribution in [0, 0.1) is 6.42 Å². The van der Waals surface area contributed by atoms with Gasteiger partial charge in [-0.1, -0.05) is 16.4 Å². The summed E-state index contributed by atoms with van der Waals surface area (Å²) in [5.41, 5.74) is 5.62. The van der Waals surface area contributed by atoms with Crippen molar-refractivity contribution in [1.29, 1.82) is 0 Å². The maximum Gasteiger partial charge on any atom is 0.268 e. The maximum atomic E-state index is 12.4.